The molecule has 0 aliphatic carbocycles. The Morgan fingerprint density at radius 1 is 0.484 bits per heavy atom. The molecule has 93 heavy (non-hydrogen) atoms. The molecule has 0 aliphatic heterocycles. The van der Waals surface area contributed by atoms with Crippen LogP contribution in [0.2, 0.25) is 0 Å². The van der Waals surface area contributed by atoms with Crippen LogP contribution in [0.1, 0.15) is 180 Å². The summed E-state index contributed by atoms with van der Waals surface area (Å²) in [5.41, 5.74) is 18.9. The van der Waals surface area contributed by atoms with Crippen molar-refractivity contribution in [2.24, 2.45) is 23.1 Å². The molecule has 0 fully saturated rings. The highest BCUT2D eigenvalue weighted by Crippen LogP contribution is 2.21. The molecule has 3 aromatic rings. The number of carbonyl (C=O) groups is 11. The van der Waals surface area contributed by atoms with Gasteiger partial charge in [-0.1, -0.05) is 128 Å². The van der Waals surface area contributed by atoms with E-state index in [1.54, 1.807) is 20.0 Å². The highest BCUT2D eigenvalue weighted by atomic mass is 16.4. The predicted molar refractivity (Wildman–Crippen MR) is 352 cm³/mol. The number of carboxylic acid groups (broad SMARTS) is 1. The molecule has 1 aromatic heterocycles. The van der Waals surface area contributed by atoms with Crippen molar-refractivity contribution >= 4 is 75.9 Å². The number of unbranched alkanes of at least 4 members (excludes halogenated alkanes) is 14. The van der Waals surface area contributed by atoms with Gasteiger partial charge >= 0.3 is 5.97 Å². The smallest absolute Gasteiger partial charge is 0.303 e. The Bertz CT molecular complexity index is 2820. The molecule has 1 heterocycles. The standard InChI is InChI=1S/C66H105N13O14/c1-4-5-6-7-8-9-10-11-12-13-14-15-16-27-57(83)71-41-58(84)73-55(42-80)66(93)76-51(32-33-59(85)86)63(90)75-49(25-19-21-34-67)61(88)74-50(26-20-22-35-68)62(89)78-53(37-44-28-30-46(81)31-29-44)65(92)77-52(36-43(2)3)64(91)79-54(60(87)72-40-56(69)82)38-45-39-70-48-24-18-17-23-47(45)48/h17-18,23-24,28-31,39,43,49-55,70,80-81H,4-16,19-22,25-27,32-38,40-42,67-68H2,1-3H3,(H2,69,82)(H,71,83)(H,72,87)(H,73,84)(H,74,88)(H,75,90)(H,76,93)(H,77,92)(H,78,89)(H,79,91)(H,85,86)/t49-,50-,51-,52-,53-,54-,55-/m0/s1. The number of benzene rings is 2. The van der Waals surface area contributed by atoms with Crippen molar-refractivity contribution in [3.8, 4) is 5.75 Å². The van der Waals surface area contributed by atoms with E-state index in [9.17, 15) is 68.1 Å². The first-order valence-electron chi connectivity index (χ1n) is 33.1. The molecule has 3 rings (SSSR count). The summed E-state index contributed by atoms with van der Waals surface area (Å²) in [4.78, 5) is 152. The largest absolute Gasteiger partial charge is 0.508 e. The number of aromatic amines is 1. The van der Waals surface area contributed by atoms with E-state index in [0.717, 1.165) is 36.6 Å². The number of aliphatic hydroxyl groups excluding tert-OH is 1. The van der Waals surface area contributed by atoms with Crippen LogP contribution in [-0.4, -0.2) is 160 Å². The normalized spacial score (nSPS) is 13.5. The lowest BCUT2D eigenvalue weighted by Gasteiger charge is -2.28. The molecular formula is C66H105N13O14. The number of fused-ring (bicyclic) bond motifs is 1. The summed E-state index contributed by atoms with van der Waals surface area (Å²) in [6.07, 6.45) is 16.6. The quantitative estimate of drug-likeness (QED) is 0.0361. The van der Waals surface area contributed by atoms with Gasteiger partial charge in [-0.25, -0.2) is 0 Å². The van der Waals surface area contributed by atoms with Crippen LogP contribution in [0, 0.1) is 5.92 Å². The number of aliphatic carboxylic acids is 1. The maximum Gasteiger partial charge on any atom is 0.303 e. The summed E-state index contributed by atoms with van der Waals surface area (Å²) >= 11 is 0. The summed E-state index contributed by atoms with van der Waals surface area (Å²) < 4.78 is 0. The van der Waals surface area contributed by atoms with Crippen molar-refractivity contribution in [1.29, 1.82) is 0 Å². The number of aliphatic hydroxyl groups is 1. The van der Waals surface area contributed by atoms with E-state index in [0.29, 0.717) is 30.4 Å². The zero-order valence-corrected chi connectivity index (χ0v) is 54.6. The van der Waals surface area contributed by atoms with Crippen molar-refractivity contribution in [3.63, 3.8) is 0 Å². The topological polar surface area (TPSA) is 451 Å². The SMILES string of the molecule is CCCCCCCCCCCCCCCC(=O)NCC(=O)N[C@@H](CO)C(=O)N[C@@H](CCC(=O)O)C(=O)N[C@@H](CCCCN)C(=O)N[C@@H](CCCCN)C(=O)N[C@@H](Cc1ccc(O)cc1)C(=O)N[C@@H](CC(C)C)C(=O)N[C@@H](Cc1c[nH]c2ccccc12)C(=O)NCC(N)=O. The third-order valence-corrected chi connectivity index (χ3v) is 15.7. The monoisotopic (exact) mass is 1300 g/mol. The molecule has 19 N–H and O–H groups in total. The fraction of sp³-hybridized carbons (Fsp3) is 0.621. The molecule has 10 amide bonds. The minimum Gasteiger partial charge on any atom is -0.508 e. The molecule has 0 bridgehead atoms. The van der Waals surface area contributed by atoms with Gasteiger partial charge in [-0.15, -0.1) is 0 Å². The van der Waals surface area contributed by atoms with Gasteiger partial charge in [0.15, 0.2) is 0 Å². The van der Waals surface area contributed by atoms with E-state index in [2.05, 4.69) is 59.8 Å². The number of para-hydroxylation sites is 1. The predicted octanol–water partition coefficient (Wildman–Crippen LogP) is 2.41. The van der Waals surface area contributed by atoms with E-state index < -0.39 is 134 Å². The highest BCUT2D eigenvalue weighted by molar-refractivity contribution is 5.98. The number of phenols is 1. The number of amides is 10. The molecule has 0 spiro atoms. The van der Waals surface area contributed by atoms with Gasteiger partial charge in [0.1, 0.15) is 48.0 Å². The molecule has 27 nitrogen and oxygen atoms in total. The van der Waals surface area contributed by atoms with E-state index >= 15 is 0 Å². The Kier molecular flexibility index (Phi) is 38.4. The van der Waals surface area contributed by atoms with Crippen molar-refractivity contribution in [1.82, 2.24) is 52.8 Å². The molecular weight excluding hydrogens is 1200 g/mol. The van der Waals surface area contributed by atoms with Gasteiger partial charge in [-0.05, 0) is 106 Å². The molecule has 0 radical (unpaired) electrons. The minimum atomic E-state index is -1.65. The lowest BCUT2D eigenvalue weighted by molar-refractivity contribution is -0.139. The number of hydrogen-bond acceptors (Lipinski definition) is 15. The fourth-order valence-electron chi connectivity index (χ4n) is 10.5. The van der Waals surface area contributed by atoms with Crippen LogP contribution in [-0.2, 0) is 65.6 Å². The van der Waals surface area contributed by atoms with Crippen molar-refractivity contribution in [3.05, 3.63) is 65.9 Å². The number of hydrogen-bond donors (Lipinski definition) is 16. The van der Waals surface area contributed by atoms with E-state index in [1.807, 2.05) is 24.3 Å². The Hall–Kier alpha value is -8.17. The molecule has 7 atom stereocenters. The fourth-order valence-corrected chi connectivity index (χ4v) is 10.5. The van der Waals surface area contributed by atoms with Gasteiger partial charge in [0.25, 0.3) is 0 Å². The second-order valence-electron chi connectivity index (χ2n) is 24.2. The van der Waals surface area contributed by atoms with Gasteiger partial charge in [-0.3, -0.25) is 52.7 Å². The first-order valence-corrected chi connectivity index (χ1v) is 33.1. The molecule has 27 heteroatoms. The number of aromatic nitrogens is 1. The average molecular weight is 1300 g/mol. The van der Waals surface area contributed by atoms with Crippen LogP contribution in [0.15, 0.2) is 54.7 Å². The number of primary amides is 1. The van der Waals surface area contributed by atoms with Crippen LogP contribution in [0.5, 0.6) is 5.75 Å². The molecule has 0 saturated carbocycles. The van der Waals surface area contributed by atoms with Crippen molar-refractivity contribution < 1.29 is 68.1 Å². The number of carboxylic acids is 1. The van der Waals surface area contributed by atoms with Crippen LogP contribution >= 0.6 is 0 Å². The second-order valence-corrected chi connectivity index (χ2v) is 24.2. The van der Waals surface area contributed by atoms with E-state index in [-0.39, 0.29) is 82.0 Å². The molecule has 0 unspecified atom stereocenters. The molecule has 0 aliphatic rings. The van der Waals surface area contributed by atoms with Crippen LogP contribution < -0.4 is 65.1 Å². The lowest BCUT2D eigenvalue weighted by atomic mass is 9.99. The van der Waals surface area contributed by atoms with Crippen LogP contribution in [0.25, 0.3) is 10.9 Å². The average Bonchev–Trinajstić information content (AvgIpc) is 2.69. The van der Waals surface area contributed by atoms with Crippen LogP contribution in [0.4, 0.5) is 0 Å². The molecule has 2 aromatic carbocycles. The van der Waals surface area contributed by atoms with Gasteiger partial charge in [0.05, 0.1) is 19.7 Å². The Morgan fingerprint density at radius 3 is 1.47 bits per heavy atom. The van der Waals surface area contributed by atoms with E-state index in [4.69, 9.17) is 17.2 Å². The van der Waals surface area contributed by atoms with Crippen molar-refractivity contribution in [2.45, 2.75) is 224 Å². The van der Waals surface area contributed by atoms with Crippen LogP contribution in [0.3, 0.4) is 0 Å². The number of H-pyrrole nitrogens is 1. The minimum absolute atomic E-state index is 0.0332. The Labute approximate surface area is 545 Å². The summed E-state index contributed by atoms with van der Waals surface area (Å²) in [5, 5.41) is 53.8. The number of nitrogens with two attached hydrogens (primary N) is 3. The molecule has 0 saturated heterocycles. The van der Waals surface area contributed by atoms with Gasteiger partial charge in [0, 0.05) is 42.8 Å². The number of phenolic OH excluding ortho intramolecular Hbond substituents is 1. The first-order chi connectivity index (χ1) is 44.6. The maximum atomic E-state index is 14.7. The number of rotatable bonds is 50. The van der Waals surface area contributed by atoms with E-state index in [1.165, 1.54) is 75.6 Å². The van der Waals surface area contributed by atoms with Gasteiger partial charge in [-0.2, -0.15) is 0 Å². The zero-order chi connectivity index (χ0) is 68.5. The maximum absolute atomic E-state index is 14.7. The number of aromatic hydroxyl groups is 1. The van der Waals surface area contributed by atoms with Gasteiger partial charge < -0.3 is 85.4 Å². The third kappa shape index (κ3) is 32.3. The second kappa shape index (κ2) is 45.2. The number of nitrogens with one attached hydrogen (secondary N) is 10. The number of carbonyl (C=O) groups excluding carboxylic acids is 10. The third-order valence-electron chi connectivity index (χ3n) is 15.7. The summed E-state index contributed by atoms with van der Waals surface area (Å²) in [6.45, 7) is 4.24. The summed E-state index contributed by atoms with van der Waals surface area (Å²) in [5.74, 6) is -9.84. The van der Waals surface area contributed by atoms with Crippen molar-refractivity contribution in [2.75, 3.05) is 32.8 Å². The molecule has 518 valence electrons. The first kappa shape index (κ1) is 79.1. The summed E-state index contributed by atoms with van der Waals surface area (Å²) in [6, 6.07) is 2.95. The highest BCUT2D eigenvalue weighted by Gasteiger charge is 2.35. The Balaban J connectivity index is 1.79. The summed E-state index contributed by atoms with van der Waals surface area (Å²) in [7, 11) is 0. The zero-order valence-electron chi connectivity index (χ0n) is 54.6. The lowest BCUT2D eigenvalue weighted by Crippen LogP contribution is -2.60. The van der Waals surface area contributed by atoms with Gasteiger partial charge in [0.2, 0.25) is 59.1 Å². The Morgan fingerprint density at radius 2 is 0.957 bits per heavy atom.